The molecular formula is C18H28N2O4. The van der Waals surface area contributed by atoms with Crippen LogP contribution in [0.5, 0.6) is 5.75 Å². The zero-order valence-corrected chi connectivity index (χ0v) is 15.4. The van der Waals surface area contributed by atoms with Gasteiger partial charge < -0.3 is 19.7 Å². The summed E-state index contributed by atoms with van der Waals surface area (Å²) in [5.74, 6) is 0.732. The standard InChI is InChI=1S/C18H28N2O4/c1-13(14-7-9-15(23-6)10-8-14)20(5)16(21)11-12-19-17(22)24-18(2,3)4/h7-10,13H,11-12H2,1-6H3,(H,19,22). The number of rotatable bonds is 6. The van der Waals surface area contributed by atoms with Crippen LogP contribution >= 0.6 is 0 Å². The van der Waals surface area contributed by atoms with Crippen LogP contribution in [-0.4, -0.2) is 43.2 Å². The Bertz CT molecular complexity index is 549. The Hall–Kier alpha value is -2.24. The Labute approximate surface area is 144 Å². The van der Waals surface area contributed by atoms with Gasteiger partial charge in [0.05, 0.1) is 13.2 Å². The Kier molecular flexibility index (Phi) is 7.07. The summed E-state index contributed by atoms with van der Waals surface area (Å²) in [7, 11) is 3.37. The molecule has 1 N–H and O–H groups in total. The van der Waals surface area contributed by atoms with E-state index in [0.717, 1.165) is 11.3 Å². The molecule has 0 saturated heterocycles. The van der Waals surface area contributed by atoms with Crippen LogP contribution in [0.4, 0.5) is 4.79 Å². The molecule has 6 nitrogen and oxygen atoms in total. The van der Waals surface area contributed by atoms with Crippen LogP contribution in [0.25, 0.3) is 0 Å². The first kappa shape index (κ1) is 19.8. The molecule has 0 aromatic heterocycles. The van der Waals surface area contributed by atoms with Crippen LogP contribution in [0.15, 0.2) is 24.3 Å². The van der Waals surface area contributed by atoms with Crippen LogP contribution in [0.1, 0.15) is 45.7 Å². The fraction of sp³-hybridized carbons (Fsp3) is 0.556. The lowest BCUT2D eigenvalue weighted by Crippen LogP contribution is -2.36. The molecule has 0 aliphatic carbocycles. The second-order valence-corrected chi connectivity index (χ2v) is 6.63. The second-order valence-electron chi connectivity index (χ2n) is 6.63. The molecule has 6 heteroatoms. The first-order valence-corrected chi connectivity index (χ1v) is 8.00. The van der Waals surface area contributed by atoms with Crippen molar-refractivity contribution in [1.29, 1.82) is 0 Å². The van der Waals surface area contributed by atoms with Gasteiger partial charge in [0.15, 0.2) is 0 Å². The lowest BCUT2D eigenvalue weighted by Gasteiger charge is -2.26. The summed E-state index contributed by atoms with van der Waals surface area (Å²) < 4.78 is 10.3. The number of ether oxygens (including phenoxy) is 2. The van der Waals surface area contributed by atoms with Gasteiger partial charge in [0.1, 0.15) is 11.4 Å². The maximum absolute atomic E-state index is 12.3. The van der Waals surface area contributed by atoms with Crippen molar-refractivity contribution in [2.45, 2.75) is 45.8 Å². The number of methoxy groups -OCH3 is 1. The van der Waals surface area contributed by atoms with Crippen LogP contribution in [-0.2, 0) is 9.53 Å². The summed E-state index contributed by atoms with van der Waals surface area (Å²) in [6.07, 6.45) is -0.294. The van der Waals surface area contributed by atoms with Crippen LogP contribution < -0.4 is 10.1 Å². The normalized spacial score (nSPS) is 12.2. The van der Waals surface area contributed by atoms with Crippen LogP contribution in [0.2, 0.25) is 0 Å². The molecule has 0 saturated carbocycles. The highest BCUT2D eigenvalue weighted by Crippen LogP contribution is 2.22. The molecule has 1 unspecified atom stereocenters. The fourth-order valence-corrected chi connectivity index (χ4v) is 2.08. The number of carbonyl (C=O) groups excluding carboxylic acids is 2. The number of hydrogen-bond acceptors (Lipinski definition) is 4. The molecule has 0 bridgehead atoms. The van der Waals surface area contributed by atoms with Crippen molar-refractivity contribution in [2.24, 2.45) is 0 Å². The smallest absolute Gasteiger partial charge is 0.407 e. The van der Waals surface area contributed by atoms with Gasteiger partial charge in [-0.15, -0.1) is 0 Å². The van der Waals surface area contributed by atoms with E-state index >= 15 is 0 Å². The Morgan fingerprint density at radius 3 is 2.29 bits per heavy atom. The van der Waals surface area contributed by atoms with E-state index < -0.39 is 11.7 Å². The van der Waals surface area contributed by atoms with Crippen molar-refractivity contribution in [3.05, 3.63) is 29.8 Å². The van der Waals surface area contributed by atoms with Gasteiger partial charge in [-0.2, -0.15) is 0 Å². The molecule has 1 aromatic rings. The highest BCUT2D eigenvalue weighted by Gasteiger charge is 2.19. The average Bonchev–Trinajstić information content (AvgIpc) is 2.51. The third-order valence-corrected chi connectivity index (χ3v) is 3.58. The Morgan fingerprint density at radius 2 is 1.79 bits per heavy atom. The minimum absolute atomic E-state index is 0.0469. The molecule has 24 heavy (non-hydrogen) atoms. The third-order valence-electron chi connectivity index (χ3n) is 3.58. The van der Waals surface area contributed by atoms with Gasteiger partial charge in [-0.1, -0.05) is 12.1 Å². The maximum atomic E-state index is 12.3. The van der Waals surface area contributed by atoms with Gasteiger partial charge in [-0.25, -0.2) is 4.79 Å². The van der Waals surface area contributed by atoms with E-state index in [0.29, 0.717) is 0 Å². The van der Waals surface area contributed by atoms with Crippen molar-refractivity contribution in [3.8, 4) is 5.75 Å². The van der Waals surface area contributed by atoms with E-state index in [9.17, 15) is 9.59 Å². The molecule has 0 fully saturated rings. The summed E-state index contributed by atoms with van der Waals surface area (Å²) in [6.45, 7) is 7.58. The molecule has 0 spiro atoms. The number of hydrogen-bond donors (Lipinski definition) is 1. The highest BCUT2D eigenvalue weighted by atomic mass is 16.6. The van der Waals surface area contributed by atoms with Gasteiger partial charge in [-0.3, -0.25) is 4.79 Å². The topological polar surface area (TPSA) is 67.9 Å². The number of alkyl carbamates (subject to hydrolysis) is 1. The molecule has 1 atom stereocenters. The predicted molar refractivity (Wildman–Crippen MR) is 93.0 cm³/mol. The predicted octanol–water partition coefficient (Wildman–Crippen LogP) is 3.13. The molecule has 0 radical (unpaired) electrons. The van der Waals surface area contributed by atoms with E-state index in [1.807, 2.05) is 31.2 Å². The summed E-state index contributed by atoms with van der Waals surface area (Å²) in [6, 6.07) is 7.55. The minimum atomic E-state index is -0.548. The molecule has 1 rings (SSSR count). The molecule has 1 aromatic carbocycles. The zero-order chi connectivity index (χ0) is 18.3. The largest absolute Gasteiger partial charge is 0.497 e. The second kappa shape index (κ2) is 8.57. The third kappa shape index (κ3) is 6.48. The van der Waals surface area contributed by atoms with Crippen molar-refractivity contribution in [2.75, 3.05) is 20.7 Å². The summed E-state index contributed by atoms with van der Waals surface area (Å²) in [4.78, 5) is 25.5. The lowest BCUT2D eigenvalue weighted by molar-refractivity contribution is -0.131. The van der Waals surface area contributed by atoms with E-state index in [4.69, 9.17) is 9.47 Å². The summed E-state index contributed by atoms with van der Waals surface area (Å²) in [5, 5.41) is 2.59. The van der Waals surface area contributed by atoms with E-state index in [1.54, 1.807) is 39.8 Å². The number of amides is 2. The molecule has 0 heterocycles. The van der Waals surface area contributed by atoms with E-state index in [-0.39, 0.29) is 24.9 Å². The van der Waals surface area contributed by atoms with Crippen molar-refractivity contribution >= 4 is 12.0 Å². The van der Waals surface area contributed by atoms with E-state index in [2.05, 4.69) is 5.32 Å². The SMILES string of the molecule is COc1ccc(C(C)N(C)C(=O)CCNC(=O)OC(C)(C)C)cc1. The van der Waals surface area contributed by atoms with Gasteiger partial charge in [0, 0.05) is 20.0 Å². The summed E-state index contributed by atoms with van der Waals surface area (Å²) in [5.41, 5.74) is 0.472. The Morgan fingerprint density at radius 1 is 1.21 bits per heavy atom. The quantitative estimate of drug-likeness (QED) is 0.866. The monoisotopic (exact) mass is 336 g/mol. The lowest BCUT2D eigenvalue weighted by atomic mass is 10.1. The highest BCUT2D eigenvalue weighted by molar-refractivity contribution is 5.77. The molecule has 0 aliphatic heterocycles. The first-order valence-electron chi connectivity index (χ1n) is 8.00. The van der Waals surface area contributed by atoms with Gasteiger partial charge in [0.2, 0.25) is 5.91 Å². The zero-order valence-electron chi connectivity index (χ0n) is 15.4. The molecular weight excluding hydrogens is 308 g/mol. The molecule has 2 amide bonds. The maximum Gasteiger partial charge on any atom is 0.407 e. The first-order chi connectivity index (χ1) is 11.1. The minimum Gasteiger partial charge on any atom is -0.497 e. The van der Waals surface area contributed by atoms with Gasteiger partial charge >= 0.3 is 6.09 Å². The van der Waals surface area contributed by atoms with Gasteiger partial charge in [-0.05, 0) is 45.4 Å². The van der Waals surface area contributed by atoms with Crippen molar-refractivity contribution in [3.63, 3.8) is 0 Å². The number of nitrogens with zero attached hydrogens (tertiary/aromatic N) is 1. The van der Waals surface area contributed by atoms with Crippen molar-refractivity contribution < 1.29 is 19.1 Å². The number of nitrogens with one attached hydrogen (secondary N) is 1. The summed E-state index contributed by atoms with van der Waals surface area (Å²) >= 11 is 0. The Balaban J connectivity index is 2.47. The fourth-order valence-electron chi connectivity index (χ4n) is 2.08. The average molecular weight is 336 g/mol. The number of carbonyl (C=O) groups is 2. The molecule has 134 valence electrons. The van der Waals surface area contributed by atoms with Crippen LogP contribution in [0, 0.1) is 0 Å². The molecule has 0 aliphatic rings. The van der Waals surface area contributed by atoms with Crippen molar-refractivity contribution in [1.82, 2.24) is 10.2 Å². The van der Waals surface area contributed by atoms with Gasteiger partial charge in [0.25, 0.3) is 0 Å². The number of benzene rings is 1. The van der Waals surface area contributed by atoms with E-state index in [1.165, 1.54) is 0 Å². The van der Waals surface area contributed by atoms with Crippen LogP contribution in [0.3, 0.4) is 0 Å².